The zero-order chi connectivity index (χ0) is 17.2. The number of pyridine rings is 1. The third kappa shape index (κ3) is 4.02. The van der Waals surface area contributed by atoms with Crippen LogP contribution in [0.15, 0.2) is 63.8 Å². The average molecular weight is 351 g/mol. The number of nitrogens with one attached hydrogen (secondary N) is 1. The van der Waals surface area contributed by atoms with Crippen molar-refractivity contribution in [2.75, 3.05) is 5.32 Å². The Morgan fingerprint density at radius 3 is 3.08 bits per heavy atom. The molecule has 2 heterocycles. The van der Waals surface area contributed by atoms with E-state index in [1.807, 2.05) is 36.7 Å². The third-order valence-electron chi connectivity index (χ3n) is 4.24. The normalized spacial score (nSPS) is 25.7. The first-order chi connectivity index (χ1) is 12.2. The number of nitrogens with zero attached hydrogens (tertiary/aromatic N) is 3. The zero-order valence-electron chi connectivity index (χ0n) is 14.1. The quantitative estimate of drug-likeness (QED) is 0.631. The second-order valence-corrected chi connectivity index (χ2v) is 7.49. The average Bonchev–Trinajstić information content (AvgIpc) is 3.27. The minimum atomic E-state index is 0.240. The molecule has 1 aromatic rings. The summed E-state index contributed by atoms with van der Waals surface area (Å²) in [5.74, 6) is 1.36. The van der Waals surface area contributed by atoms with Gasteiger partial charge in [-0.25, -0.2) is 4.98 Å². The van der Waals surface area contributed by atoms with E-state index >= 15 is 0 Å². The van der Waals surface area contributed by atoms with E-state index in [4.69, 9.17) is 5.73 Å². The number of fused-ring (bicyclic) bond motifs is 1. The minimum Gasteiger partial charge on any atom is -0.384 e. The van der Waals surface area contributed by atoms with Gasteiger partial charge in [0.25, 0.3) is 0 Å². The molecule has 1 fully saturated rings. The lowest BCUT2D eigenvalue weighted by molar-refractivity contribution is 0.857. The van der Waals surface area contributed by atoms with Gasteiger partial charge in [0.15, 0.2) is 0 Å². The topological polar surface area (TPSA) is 75.7 Å². The van der Waals surface area contributed by atoms with E-state index in [9.17, 15) is 0 Å². The molecule has 0 radical (unpaired) electrons. The summed E-state index contributed by atoms with van der Waals surface area (Å²) < 4.78 is 0. The lowest BCUT2D eigenvalue weighted by Crippen LogP contribution is -2.19. The molecule has 0 saturated heterocycles. The number of anilines is 1. The standard InChI is InChI=1S/C19H21N5S/c1-12-3-2-4-19(22-12)24-16(10-18(20)23-14-6-7-14)13-5-8-15-17(9-13)25-11-21-15/h2-5,8-11,14-15,17H,6-7H2,1H3,(H2,20,23)(H,22,24)/b16-10-. The first-order valence-corrected chi connectivity index (χ1v) is 9.45. The van der Waals surface area contributed by atoms with Gasteiger partial charge in [0, 0.05) is 11.8 Å². The molecule has 0 bridgehead atoms. The number of nitrogens with two attached hydrogens (primary N) is 1. The molecule has 6 heteroatoms. The first kappa shape index (κ1) is 16.1. The first-order valence-electron chi connectivity index (χ1n) is 8.50. The smallest absolute Gasteiger partial charge is 0.130 e. The number of rotatable bonds is 5. The van der Waals surface area contributed by atoms with Crippen LogP contribution in [0.3, 0.4) is 0 Å². The highest BCUT2D eigenvalue weighted by atomic mass is 32.2. The number of hydrogen-bond donors (Lipinski definition) is 2. The van der Waals surface area contributed by atoms with Crippen LogP contribution in [-0.4, -0.2) is 33.7 Å². The number of amidine groups is 1. The lowest BCUT2D eigenvalue weighted by atomic mass is 10.00. The Hall–Kier alpha value is -2.34. The van der Waals surface area contributed by atoms with Crippen molar-refractivity contribution < 1.29 is 0 Å². The van der Waals surface area contributed by atoms with Gasteiger partial charge in [0.05, 0.1) is 28.6 Å². The predicted octanol–water partition coefficient (Wildman–Crippen LogP) is 3.21. The summed E-state index contributed by atoms with van der Waals surface area (Å²) in [7, 11) is 0. The van der Waals surface area contributed by atoms with E-state index < -0.39 is 0 Å². The molecule has 2 aliphatic carbocycles. The Kier molecular flexibility index (Phi) is 4.44. The molecule has 2 unspecified atom stereocenters. The highest BCUT2D eigenvalue weighted by Gasteiger charge is 2.25. The fourth-order valence-corrected chi connectivity index (χ4v) is 3.69. The Labute approximate surface area is 151 Å². The molecule has 1 aromatic heterocycles. The van der Waals surface area contributed by atoms with Crippen molar-refractivity contribution in [2.24, 2.45) is 15.7 Å². The fraction of sp³-hybridized carbons (Fsp3) is 0.316. The molecule has 1 saturated carbocycles. The predicted molar refractivity (Wildman–Crippen MR) is 106 cm³/mol. The second kappa shape index (κ2) is 6.88. The van der Waals surface area contributed by atoms with Crippen LogP contribution in [0.2, 0.25) is 0 Å². The summed E-state index contributed by atoms with van der Waals surface area (Å²) >= 11 is 1.74. The maximum atomic E-state index is 6.14. The molecule has 0 spiro atoms. The van der Waals surface area contributed by atoms with Crippen LogP contribution in [0.25, 0.3) is 0 Å². The molecule has 1 aliphatic heterocycles. The Morgan fingerprint density at radius 2 is 2.28 bits per heavy atom. The van der Waals surface area contributed by atoms with E-state index in [0.717, 1.165) is 35.6 Å². The number of aryl methyl sites for hydroxylation is 1. The number of thioether (sulfide) groups is 1. The van der Waals surface area contributed by atoms with Crippen molar-refractivity contribution in [3.05, 3.63) is 59.5 Å². The van der Waals surface area contributed by atoms with Crippen molar-refractivity contribution in [3.63, 3.8) is 0 Å². The molecule has 3 aliphatic rings. The van der Waals surface area contributed by atoms with Gasteiger partial charge in [-0.15, -0.1) is 11.8 Å². The summed E-state index contributed by atoms with van der Waals surface area (Å²) in [4.78, 5) is 13.5. The SMILES string of the molecule is Cc1cccc(N/C(=C\C(N)=NC2CC2)C2=CC3SC=NC3C=C2)n1. The maximum absolute atomic E-state index is 6.14. The summed E-state index contributed by atoms with van der Waals surface area (Å²) in [6.07, 6.45) is 10.7. The van der Waals surface area contributed by atoms with Crippen LogP contribution < -0.4 is 11.1 Å². The number of aromatic nitrogens is 1. The molecule has 0 amide bonds. The van der Waals surface area contributed by atoms with Gasteiger partial charge in [0.1, 0.15) is 11.7 Å². The molecule has 2 atom stereocenters. The van der Waals surface area contributed by atoms with E-state index in [-0.39, 0.29) is 6.04 Å². The number of aliphatic imine (C=N–C) groups is 2. The lowest BCUT2D eigenvalue weighted by Gasteiger charge is -2.19. The fourth-order valence-electron chi connectivity index (χ4n) is 2.79. The van der Waals surface area contributed by atoms with Gasteiger partial charge in [-0.2, -0.15) is 0 Å². The molecule has 3 N–H and O–H groups in total. The van der Waals surface area contributed by atoms with E-state index in [1.165, 1.54) is 0 Å². The van der Waals surface area contributed by atoms with Crippen molar-refractivity contribution in [3.8, 4) is 0 Å². The van der Waals surface area contributed by atoms with Crippen molar-refractivity contribution in [1.29, 1.82) is 0 Å². The largest absolute Gasteiger partial charge is 0.384 e. The van der Waals surface area contributed by atoms with E-state index in [2.05, 4.69) is 38.5 Å². The van der Waals surface area contributed by atoms with Crippen LogP contribution in [-0.2, 0) is 0 Å². The molecule has 4 rings (SSSR count). The van der Waals surface area contributed by atoms with Crippen molar-refractivity contribution >= 4 is 29.0 Å². The maximum Gasteiger partial charge on any atom is 0.130 e. The molecule has 0 aromatic carbocycles. The van der Waals surface area contributed by atoms with Gasteiger partial charge < -0.3 is 11.1 Å². The number of allylic oxidation sites excluding steroid dienone is 1. The van der Waals surface area contributed by atoms with Crippen LogP contribution in [0.5, 0.6) is 0 Å². The van der Waals surface area contributed by atoms with Crippen LogP contribution in [0.4, 0.5) is 5.82 Å². The van der Waals surface area contributed by atoms with Gasteiger partial charge >= 0.3 is 0 Å². The van der Waals surface area contributed by atoms with Crippen LogP contribution >= 0.6 is 11.8 Å². The molecule has 128 valence electrons. The summed E-state index contributed by atoms with van der Waals surface area (Å²) in [5, 5.41) is 3.76. The van der Waals surface area contributed by atoms with Crippen molar-refractivity contribution in [1.82, 2.24) is 4.98 Å². The van der Waals surface area contributed by atoms with E-state index in [1.54, 1.807) is 11.8 Å². The summed E-state index contributed by atoms with van der Waals surface area (Å²) in [6.45, 7) is 1.98. The second-order valence-electron chi connectivity index (χ2n) is 6.46. The summed E-state index contributed by atoms with van der Waals surface area (Å²) in [5.41, 5.74) is 11.1. The Bertz CT molecular complexity index is 817. The van der Waals surface area contributed by atoms with Gasteiger partial charge in [-0.3, -0.25) is 9.98 Å². The molecule has 5 nitrogen and oxygen atoms in total. The van der Waals surface area contributed by atoms with Crippen molar-refractivity contribution in [2.45, 2.75) is 37.1 Å². The third-order valence-corrected chi connectivity index (χ3v) is 5.21. The van der Waals surface area contributed by atoms with Gasteiger partial charge in [-0.05, 0) is 37.5 Å². The highest BCUT2D eigenvalue weighted by Crippen LogP contribution is 2.31. The van der Waals surface area contributed by atoms with Crippen LogP contribution in [0.1, 0.15) is 18.5 Å². The molecular formula is C19H21N5S. The van der Waals surface area contributed by atoms with E-state index in [0.29, 0.717) is 17.1 Å². The number of hydrogen-bond acceptors (Lipinski definition) is 5. The zero-order valence-corrected chi connectivity index (χ0v) is 14.9. The molecular weight excluding hydrogens is 330 g/mol. The monoisotopic (exact) mass is 351 g/mol. The highest BCUT2D eigenvalue weighted by molar-refractivity contribution is 8.13. The molecule has 25 heavy (non-hydrogen) atoms. The van der Waals surface area contributed by atoms with Gasteiger partial charge in [0.2, 0.25) is 0 Å². The van der Waals surface area contributed by atoms with Crippen LogP contribution in [0, 0.1) is 6.92 Å². The minimum absolute atomic E-state index is 0.240. The van der Waals surface area contributed by atoms with Gasteiger partial charge in [-0.1, -0.05) is 24.3 Å². The Morgan fingerprint density at radius 1 is 1.40 bits per heavy atom. The summed E-state index contributed by atoms with van der Waals surface area (Å²) in [6, 6.07) is 6.57. The Balaban J connectivity index is 1.63.